The van der Waals surface area contributed by atoms with E-state index < -0.39 is 11.6 Å². The largest absolute Gasteiger partial charge is 0.481 e. The van der Waals surface area contributed by atoms with Gasteiger partial charge < -0.3 is 15.3 Å². The Balaban J connectivity index is 1.65. The van der Waals surface area contributed by atoms with Crippen LogP contribution >= 0.6 is 15.9 Å². The topological polar surface area (TPSA) is 99.1 Å². The Labute approximate surface area is 232 Å². The monoisotopic (exact) mass is 581 g/mol. The van der Waals surface area contributed by atoms with Gasteiger partial charge in [0.15, 0.2) is 0 Å². The lowest BCUT2D eigenvalue weighted by atomic mass is 9.79. The third-order valence-corrected chi connectivity index (χ3v) is 8.41. The zero-order chi connectivity index (χ0) is 27.7. The van der Waals surface area contributed by atoms with E-state index in [0.29, 0.717) is 23.6 Å². The van der Waals surface area contributed by atoms with Gasteiger partial charge in [0.2, 0.25) is 0 Å². The van der Waals surface area contributed by atoms with E-state index in [2.05, 4.69) is 48.9 Å². The Morgan fingerprint density at radius 3 is 2.37 bits per heavy atom. The fraction of sp³-hybridized carbons (Fsp3) is 0.467. The van der Waals surface area contributed by atoms with Gasteiger partial charge in [-0.3, -0.25) is 19.4 Å². The highest BCUT2D eigenvalue weighted by Crippen LogP contribution is 2.52. The molecular formula is C30H36BrN3O4. The average molecular weight is 583 g/mol. The van der Waals surface area contributed by atoms with Crippen LogP contribution < -0.4 is 5.32 Å². The van der Waals surface area contributed by atoms with Crippen LogP contribution in [0.1, 0.15) is 87.3 Å². The molecule has 1 spiro atoms. The molecule has 2 N–H and O–H groups in total. The summed E-state index contributed by atoms with van der Waals surface area (Å²) >= 11 is 3.48. The number of benzene rings is 2. The van der Waals surface area contributed by atoms with E-state index >= 15 is 0 Å². The van der Waals surface area contributed by atoms with E-state index in [4.69, 9.17) is 10.1 Å². The van der Waals surface area contributed by atoms with Crippen molar-refractivity contribution in [3.8, 4) is 0 Å². The van der Waals surface area contributed by atoms with Crippen molar-refractivity contribution in [1.82, 2.24) is 10.2 Å². The van der Waals surface area contributed by atoms with Gasteiger partial charge in [-0.15, -0.1) is 0 Å². The van der Waals surface area contributed by atoms with E-state index in [1.165, 1.54) is 0 Å². The summed E-state index contributed by atoms with van der Waals surface area (Å²) in [4.78, 5) is 44.5. The number of halogens is 1. The quantitative estimate of drug-likeness (QED) is 0.400. The molecule has 2 aromatic carbocycles. The molecule has 1 heterocycles. The van der Waals surface area contributed by atoms with E-state index in [0.717, 1.165) is 34.9 Å². The van der Waals surface area contributed by atoms with Gasteiger partial charge in [-0.05, 0) is 66.8 Å². The number of carboxylic acid groups (broad SMARTS) is 1. The van der Waals surface area contributed by atoms with Crippen molar-refractivity contribution in [3.63, 3.8) is 0 Å². The number of hydrogen-bond acceptors (Lipinski definition) is 4. The summed E-state index contributed by atoms with van der Waals surface area (Å²) in [7, 11) is 0. The van der Waals surface area contributed by atoms with Crippen molar-refractivity contribution in [1.29, 1.82) is 0 Å². The molecule has 0 saturated heterocycles. The van der Waals surface area contributed by atoms with Crippen molar-refractivity contribution >= 4 is 39.4 Å². The summed E-state index contributed by atoms with van der Waals surface area (Å²) in [5.74, 6) is -0.880. The predicted molar refractivity (Wildman–Crippen MR) is 151 cm³/mol. The van der Waals surface area contributed by atoms with Gasteiger partial charge in [0.25, 0.3) is 11.8 Å². The van der Waals surface area contributed by atoms with Crippen molar-refractivity contribution < 1.29 is 19.5 Å². The molecule has 8 heteroatoms. The van der Waals surface area contributed by atoms with Gasteiger partial charge in [-0.25, -0.2) is 0 Å². The minimum absolute atomic E-state index is 0.0516. The maximum Gasteiger partial charge on any atom is 0.305 e. The van der Waals surface area contributed by atoms with Crippen molar-refractivity contribution in [3.05, 3.63) is 69.7 Å². The molecule has 38 heavy (non-hydrogen) atoms. The molecule has 2 unspecified atom stereocenters. The molecule has 3 atom stereocenters. The van der Waals surface area contributed by atoms with Crippen LogP contribution in [0.25, 0.3) is 0 Å². The van der Waals surface area contributed by atoms with E-state index in [9.17, 15) is 14.4 Å². The zero-order valence-electron chi connectivity index (χ0n) is 22.5. The van der Waals surface area contributed by atoms with Gasteiger partial charge in [0.05, 0.1) is 12.5 Å². The van der Waals surface area contributed by atoms with Gasteiger partial charge >= 0.3 is 5.97 Å². The molecule has 1 fully saturated rings. The molecule has 0 radical (unpaired) electrons. The number of carbonyl (C=O) groups excluding carboxylic acids is 2. The summed E-state index contributed by atoms with van der Waals surface area (Å²) in [6.45, 7) is 8.92. The highest BCUT2D eigenvalue weighted by Gasteiger charge is 2.55. The first-order chi connectivity index (χ1) is 17.9. The van der Waals surface area contributed by atoms with Crippen LogP contribution in [0.15, 0.2) is 58.0 Å². The summed E-state index contributed by atoms with van der Waals surface area (Å²) in [5.41, 5.74) is 2.27. The van der Waals surface area contributed by atoms with Crippen molar-refractivity contribution in [2.24, 2.45) is 16.3 Å². The Kier molecular flexibility index (Phi) is 8.12. The second-order valence-corrected chi connectivity index (χ2v) is 12.3. The first-order valence-electron chi connectivity index (χ1n) is 13.2. The number of carbonyl (C=O) groups is 3. The number of amides is 2. The molecule has 0 aromatic heterocycles. The molecule has 2 amide bonds. The maximum absolute atomic E-state index is 14.1. The van der Waals surface area contributed by atoms with Crippen LogP contribution in [0, 0.1) is 11.3 Å². The van der Waals surface area contributed by atoms with E-state index in [-0.39, 0.29) is 36.2 Å². The third kappa shape index (κ3) is 5.70. The lowest BCUT2D eigenvalue weighted by Crippen LogP contribution is -2.47. The summed E-state index contributed by atoms with van der Waals surface area (Å²) < 4.78 is 0.950. The average Bonchev–Trinajstić information content (AvgIpc) is 3.42. The first kappa shape index (κ1) is 28.0. The minimum atomic E-state index is -0.957. The number of nitrogens with one attached hydrogen (secondary N) is 1. The van der Waals surface area contributed by atoms with Crippen molar-refractivity contribution in [2.75, 3.05) is 6.54 Å². The van der Waals surface area contributed by atoms with Gasteiger partial charge in [-0.1, -0.05) is 67.9 Å². The van der Waals surface area contributed by atoms with E-state index in [1.807, 2.05) is 41.3 Å². The first-order valence-corrected chi connectivity index (χ1v) is 14.0. The normalized spacial score (nSPS) is 22.0. The molecule has 7 nitrogen and oxygen atoms in total. The fourth-order valence-corrected chi connectivity index (χ4v) is 5.98. The van der Waals surface area contributed by atoms with Crippen LogP contribution in [-0.2, 0) is 9.59 Å². The Bertz CT molecular complexity index is 1230. The number of hydrogen-bond donors (Lipinski definition) is 2. The van der Waals surface area contributed by atoms with Gasteiger partial charge in [-0.2, -0.15) is 0 Å². The molecule has 1 aliphatic carbocycles. The summed E-state index contributed by atoms with van der Waals surface area (Å²) in [6.07, 6.45) is 3.23. The maximum atomic E-state index is 14.1. The van der Waals surface area contributed by atoms with Crippen LogP contribution in [0.4, 0.5) is 0 Å². The second-order valence-electron chi connectivity index (χ2n) is 11.4. The second kappa shape index (κ2) is 11.0. The predicted octanol–water partition coefficient (Wildman–Crippen LogP) is 5.98. The molecule has 2 aromatic rings. The summed E-state index contributed by atoms with van der Waals surface area (Å²) in [5, 5.41) is 11.4. The van der Waals surface area contributed by atoms with Crippen LogP contribution in [-0.4, -0.2) is 45.7 Å². The number of aliphatic carboxylic acids is 1. The Hall–Kier alpha value is -3.00. The zero-order valence-corrected chi connectivity index (χ0v) is 24.0. The van der Waals surface area contributed by atoms with E-state index in [1.54, 1.807) is 12.1 Å². The third-order valence-electron chi connectivity index (χ3n) is 7.88. The van der Waals surface area contributed by atoms with Crippen LogP contribution in [0.5, 0.6) is 0 Å². The molecule has 202 valence electrons. The highest BCUT2D eigenvalue weighted by molar-refractivity contribution is 9.10. The Morgan fingerprint density at radius 1 is 1.16 bits per heavy atom. The number of carboxylic acids is 1. The Morgan fingerprint density at radius 2 is 1.82 bits per heavy atom. The molecule has 1 saturated carbocycles. The highest BCUT2D eigenvalue weighted by atomic mass is 79.9. The fourth-order valence-electron chi connectivity index (χ4n) is 5.71. The molecule has 4 rings (SSSR count). The number of nitrogens with zero attached hydrogens (tertiary/aromatic N) is 2. The molecular weight excluding hydrogens is 546 g/mol. The number of aliphatic imine (C=N–C) groups is 1. The SMILES string of the molecule is CC[C@H](c1ccc(C(=O)NCCC(=O)O)cc1)N1C(=O)C(c2ccc(Br)cc2)=NC12CCC(C(C)(C)C)C2. The molecule has 2 aliphatic rings. The lowest BCUT2D eigenvalue weighted by Gasteiger charge is -2.40. The van der Waals surface area contributed by atoms with Gasteiger partial charge in [0.1, 0.15) is 11.4 Å². The minimum Gasteiger partial charge on any atom is -0.481 e. The van der Waals surface area contributed by atoms with Crippen LogP contribution in [0.3, 0.4) is 0 Å². The van der Waals surface area contributed by atoms with Crippen molar-refractivity contribution in [2.45, 2.75) is 71.5 Å². The standard InChI is InChI=1S/C30H36BrN3O4/c1-5-24(19-6-8-21(9-7-19)27(37)32-17-15-25(35)36)34-28(38)26(20-10-12-23(31)13-11-20)33-30(34)16-14-22(18-30)29(2,3)4/h6-13,22,24H,5,14-18H2,1-4H3,(H,32,37)(H,35,36)/t22?,24-,30?/m1/s1. The van der Waals surface area contributed by atoms with Gasteiger partial charge in [0, 0.05) is 22.1 Å². The summed E-state index contributed by atoms with van der Waals surface area (Å²) in [6, 6.07) is 14.8. The molecule has 1 aliphatic heterocycles. The number of rotatable bonds is 8. The lowest BCUT2D eigenvalue weighted by molar-refractivity contribution is -0.137. The van der Waals surface area contributed by atoms with Crippen LogP contribution in [0.2, 0.25) is 0 Å². The smallest absolute Gasteiger partial charge is 0.305 e. The molecule has 0 bridgehead atoms.